The fraction of sp³-hybridized carbons (Fsp3) is 0.130. The monoisotopic (exact) mass is 409 g/mol. The SMILES string of the molecule is O=C(C[C@]1(O)C(=O)N(Cc2cccc(Cl)c2)c2ccccc21)c1ccc(F)cc1. The van der Waals surface area contributed by atoms with E-state index in [2.05, 4.69) is 0 Å². The van der Waals surface area contributed by atoms with E-state index in [0.29, 0.717) is 16.3 Å². The molecule has 3 aromatic carbocycles. The van der Waals surface area contributed by atoms with Crippen molar-refractivity contribution in [2.24, 2.45) is 0 Å². The average Bonchev–Trinajstić information content (AvgIpc) is 2.91. The van der Waals surface area contributed by atoms with Gasteiger partial charge in [-0.1, -0.05) is 41.9 Å². The van der Waals surface area contributed by atoms with Crippen molar-refractivity contribution in [2.45, 2.75) is 18.6 Å². The molecule has 4 rings (SSSR count). The molecule has 0 saturated heterocycles. The van der Waals surface area contributed by atoms with Crippen molar-refractivity contribution < 1.29 is 19.1 Å². The lowest BCUT2D eigenvalue weighted by Gasteiger charge is -2.23. The van der Waals surface area contributed by atoms with E-state index < -0.39 is 29.5 Å². The topological polar surface area (TPSA) is 57.6 Å². The van der Waals surface area contributed by atoms with Crippen LogP contribution in [0.5, 0.6) is 0 Å². The van der Waals surface area contributed by atoms with E-state index in [1.165, 1.54) is 29.2 Å². The lowest BCUT2D eigenvalue weighted by atomic mass is 9.88. The Morgan fingerprint density at radius 2 is 1.76 bits per heavy atom. The van der Waals surface area contributed by atoms with Gasteiger partial charge in [-0.15, -0.1) is 0 Å². The molecular formula is C23H17ClFNO3. The first kappa shape index (κ1) is 19.3. The van der Waals surface area contributed by atoms with Gasteiger partial charge >= 0.3 is 0 Å². The summed E-state index contributed by atoms with van der Waals surface area (Å²) >= 11 is 6.05. The fourth-order valence-corrected chi connectivity index (χ4v) is 3.84. The molecule has 0 bridgehead atoms. The molecule has 1 aliphatic heterocycles. The molecule has 0 spiro atoms. The van der Waals surface area contributed by atoms with Gasteiger partial charge in [0.05, 0.1) is 18.7 Å². The first-order chi connectivity index (χ1) is 13.9. The Morgan fingerprint density at radius 1 is 1.03 bits per heavy atom. The van der Waals surface area contributed by atoms with Crippen LogP contribution in [0.2, 0.25) is 5.02 Å². The summed E-state index contributed by atoms with van der Waals surface area (Å²) in [4.78, 5) is 27.4. The van der Waals surface area contributed by atoms with E-state index in [1.807, 2.05) is 6.07 Å². The summed E-state index contributed by atoms with van der Waals surface area (Å²) in [5.41, 5.74) is -0.0248. The third-order valence-electron chi connectivity index (χ3n) is 5.05. The number of Topliss-reactive ketones (excluding diaryl/α,β-unsaturated/α-hetero) is 1. The second kappa shape index (κ2) is 7.43. The molecule has 1 amide bonds. The summed E-state index contributed by atoms with van der Waals surface area (Å²) in [5.74, 6) is -1.48. The summed E-state index contributed by atoms with van der Waals surface area (Å²) in [7, 11) is 0. The average molecular weight is 410 g/mol. The smallest absolute Gasteiger partial charge is 0.264 e. The van der Waals surface area contributed by atoms with Crippen LogP contribution in [-0.4, -0.2) is 16.8 Å². The Bertz CT molecular complexity index is 1100. The normalized spacial score (nSPS) is 18.0. The van der Waals surface area contributed by atoms with Gasteiger partial charge in [-0.25, -0.2) is 4.39 Å². The number of para-hydroxylation sites is 1. The van der Waals surface area contributed by atoms with Crippen molar-refractivity contribution in [3.8, 4) is 0 Å². The number of nitrogens with zero attached hydrogens (tertiary/aromatic N) is 1. The quantitative estimate of drug-likeness (QED) is 0.632. The van der Waals surface area contributed by atoms with Crippen molar-refractivity contribution >= 4 is 29.0 Å². The number of hydrogen-bond acceptors (Lipinski definition) is 3. The summed E-state index contributed by atoms with van der Waals surface area (Å²) in [6, 6.07) is 19.0. The number of halogens is 2. The van der Waals surface area contributed by atoms with Gasteiger partial charge < -0.3 is 10.0 Å². The highest BCUT2D eigenvalue weighted by molar-refractivity contribution is 6.30. The highest BCUT2D eigenvalue weighted by Gasteiger charge is 2.50. The second-order valence-corrected chi connectivity index (χ2v) is 7.44. The predicted molar refractivity (Wildman–Crippen MR) is 108 cm³/mol. The molecule has 6 heteroatoms. The number of anilines is 1. The fourth-order valence-electron chi connectivity index (χ4n) is 3.62. The van der Waals surface area contributed by atoms with Gasteiger partial charge in [0, 0.05) is 16.1 Å². The maximum Gasteiger partial charge on any atom is 0.264 e. The van der Waals surface area contributed by atoms with Crippen LogP contribution in [0.1, 0.15) is 27.9 Å². The van der Waals surface area contributed by atoms with Crippen LogP contribution < -0.4 is 4.90 Å². The second-order valence-electron chi connectivity index (χ2n) is 7.01. The molecule has 1 N–H and O–H groups in total. The number of amides is 1. The van der Waals surface area contributed by atoms with Gasteiger partial charge in [0.15, 0.2) is 11.4 Å². The van der Waals surface area contributed by atoms with Crippen molar-refractivity contribution in [1.82, 2.24) is 0 Å². The minimum atomic E-state index is -1.99. The van der Waals surface area contributed by atoms with Crippen molar-refractivity contribution in [2.75, 3.05) is 4.90 Å². The lowest BCUT2D eigenvalue weighted by Crippen LogP contribution is -2.41. The Hall–Kier alpha value is -3.02. The van der Waals surface area contributed by atoms with Crippen LogP contribution in [0, 0.1) is 5.82 Å². The summed E-state index contributed by atoms with van der Waals surface area (Å²) in [6.45, 7) is 0.212. The van der Waals surface area contributed by atoms with Crippen molar-refractivity contribution in [3.05, 3.63) is 100 Å². The maximum atomic E-state index is 13.2. The standard InChI is InChI=1S/C23H17ClFNO3/c24-17-5-3-4-15(12-17)14-26-20-7-2-1-6-19(20)23(29,22(26)28)13-21(27)16-8-10-18(25)11-9-16/h1-12,29H,13-14H2/t23-/m1/s1. The molecule has 0 aromatic heterocycles. The first-order valence-electron chi connectivity index (χ1n) is 9.05. The van der Waals surface area contributed by atoms with Crippen LogP contribution in [0.3, 0.4) is 0 Å². The van der Waals surface area contributed by atoms with E-state index in [9.17, 15) is 19.1 Å². The van der Waals surface area contributed by atoms with Crippen LogP contribution in [0.25, 0.3) is 0 Å². The van der Waals surface area contributed by atoms with E-state index in [-0.39, 0.29) is 12.1 Å². The number of ketones is 1. The number of hydrogen-bond donors (Lipinski definition) is 1. The number of carbonyl (C=O) groups excluding carboxylic acids is 2. The Morgan fingerprint density at radius 3 is 2.48 bits per heavy atom. The minimum absolute atomic E-state index is 0.212. The van der Waals surface area contributed by atoms with Crippen LogP contribution in [-0.2, 0) is 16.9 Å². The van der Waals surface area contributed by atoms with Gasteiger partial charge in [-0.2, -0.15) is 0 Å². The van der Waals surface area contributed by atoms with Crippen LogP contribution >= 0.6 is 11.6 Å². The van der Waals surface area contributed by atoms with Gasteiger partial charge in [-0.3, -0.25) is 9.59 Å². The number of rotatable bonds is 5. The number of benzene rings is 3. The van der Waals surface area contributed by atoms with Gasteiger partial charge in [0.25, 0.3) is 5.91 Å². The maximum absolute atomic E-state index is 13.2. The molecule has 1 atom stereocenters. The molecule has 0 saturated carbocycles. The molecule has 1 heterocycles. The summed E-state index contributed by atoms with van der Waals surface area (Å²) in [6.07, 6.45) is -0.430. The molecule has 0 unspecified atom stereocenters. The van der Waals surface area contributed by atoms with E-state index in [1.54, 1.807) is 42.5 Å². The Kier molecular flexibility index (Phi) is 4.94. The molecule has 0 radical (unpaired) electrons. The minimum Gasteiger partial charge on any atom is -0.375 e. The Labute approximate surface area is 172 Å². The molecule has 4 nitrogen and oxygen atoms in total. The van der Waals surface area contributed by atoms with Crippen LogP contribution in [0.4, 0.5) is 10.1 Å². The van der Waals surface area contributed by atoms with Crippen LogP contribution in [0.15, 0.2) is 72.8 Å². The zero-order valence-electron chi connectivity index (χ0n) is 15.3. The highest BCUT2D eigenvalue weighted by Crippen LogP contribution is 2.43. The van der Waals surface area contributed by atoms with Gasteiger partial charge in [0.2, 0.25) is 0 Å². The number of aliphatic hydroxyl groups is 1. The van der Waals surface area contributed by atoms with Gasteiger partial charge in [0.1, 0.15) is 5.82 Å². The molecular weight excluding hydrogens is 393 g/mol. The third kappa shape index (κ3) is 3.55. The molecule has 29 heavy (non-hydrogen) atoms. The van der Waals surface area contributed by atoms with E-state index in [0.717, 1.165) is 5.56 Å². The number of carbonyl (C=O) groups is 2. The summed E-state index contributed by atoms with van der Waals surface area (Å²) in [5, 5.41) is 11.8. The molecule has 146 valence electrons. The summed E-state index contributed by atoms with van der Waals surface area (Å²) < 4.78 is 13.1. The van der Waals surface area contributed by atoms with Crippen molar-refractivity contribution in [3.63, 3.8) is 0 Å². The molecule has 3 aromatic rings. The first-order valence-corrected chi connectivity index (χ1v) is 9.43. The number of fused-ring (bicyclic) bond motifs is 1. The van der Waals surface area contributed by atoms with E-state index in [4.69, 9.17) is 11.6 Å². The van der Waals surface area contributed by atoms with Crippen molar-refractivity contribution in [1.29, 1.82) is 0 Å². The molecule has 1 aliphatic rings. The predicted octanol–water partition coefficient (Wildman–Crippen LogP) is 4.49. The van der Waals surface area contributed by atoms with E-state index >= 15 is 0 Å². The highest BCUT2D eigenvalue weighted by atomic mass is 35.5. The lowest BCUT2D eigenvalue weighted by molar-refractivity contribution is -0.136. The zero-order chi connectivity index (χ0) is 20.6. The third-order valence-corrected chi connectivity index (χ3v) is 5.29. The zero-order valence-corrected chi connectivity index (χ0v) is 16.1. The molecule has 0 aliphatic carbocycles. The Balaban J connectivity index is 1.67. The van der Waals surface area contributed by atoms with Gasteiger partial charge in [-0.05, 0) is 48.0 Å². The largest absolute Gasteiger partial charge is 0.375 e. The molecule has 0 fully saturated rings.